The zero-order valence-electron chi connectivity index (χ0n) is 14.5. The number of benzene rings is 2. The fraction of sp³-hybridized carbons (Fsp3) is 0.333. The highest BCUT2D eigenvalue weighted by molar-refractivity contribution is 7.89. The molecule has 2 rings (SSSR count). The van der Waals surface area contributed by atoms with E-state index < -0.39 is 27.7 Å². The minimum atomic E-state index is -4.85. The maximum absolute atomic E-state index is 12.3. The summed E-state index contributed by atoms with van der Waals surface area (Å²) in [6.07, 6.45) is -3.95. The van der Waals surface area contributed by atoms with Crippen molar-refractivity contribution in [1.82, 2.24) is 4.72 Å². The first kappa shape index (κ1) is 21.2. The highest BCUT2D eigenvalue weighted by Crippen LogP contribution is 2.24. The quantitative estimate of drug-likeness (QED) is 0.710. The molecule has 5 nitrogen and oxygen atoms in total. The van der Waals surface area contributed by atoms with Crippen molar-refractivity contribution in [2.75, 3.05) is 6.54 Å². The molecule has 0 heterocycles. The van der Waals surface area contributed by atoms with E-state index in [-0.39, 0.29) is 11.4 Å². The Bertz CT molecular complexity index is 835. The van der Waals surface area contributed by atoms with E-state index in [4.69, 9.17) is 0 Å². The van der Waals surface area contributed by atoms with Crippen LogP contribution in [-0.2, 0) is 16.4 Å². The normalized spacial score (nSPS) is 14.6. The van der Waals surface area contributed by atoms with Crippen molar-refractivity contribution in [3.05, 3.63) is 60.2 Å². The van der Waals surface area contributed by atoms with Gasteiger partial charge in [0.2, 0.25) is 10.0 Å². The number of hydrogen-bond acceptors (Lipinski definition) is 4. The van der Waals surface area contributed by atoms with Gasteiger partial charge in [-0.2, -0.15) is 0 Å². The van der Waals surface area contributed by atoms with E-state index in [0.717, 1.165) is 29.8 Å². The third-order valence-electron chi connectivity index (χ3n) is 3.81. The van der Waals surface area contributed by atoms with Gasteiger partial charge in [-0.05, 0) is 49.6 Å². The third kappa shape index (κ3) is 7.20. The van der Waals surface area contributed by atoms with Gasteiger partial charge in [-0.3, -0.25) is 0 Å². The molecular formula is C18H20F3NO4S. The number of ether oxygens (including phenoxy) is 1. The molecule has 0 aliphatic carbocycles. The first-order chi connectivity index (χ1) is 12.5. The zero-order chi connectivity index (χ0) is 20.1. The minimum absolute atomic E-state index is 0.226. The monoisotopic (exact) mass is 403 g/mol. The van der Waals surface area contributed by atoms with Crippen molar-refractivity contribution in [1.29, 1.82) is 0 Å². The summed E-state index contributed by atoms with van der Waals surface area (Å²) in [5.74, 6) is -0.517. The van der Waals surface area contributed by atoms with Crippen LogP contribution in [0.2, 0.25) is 0 Å². The van der Waals surface area contributed by atoms with Gasteiger partial charge in [0.15, 0.2) is 0 Å². The molecule has 0 spiro atoms. The van der Waals surface area contributed by atoms with E-state index >= 15 is 0 Å². The number of nitrogens with one attached hydrogen (secondary N) is 1. The van der Waals surface area contributed by atoms with Gasteiger partial charge in [-0.15, -0.1) is 13.2 Å². The number of aryl methyl sites for hydroxylation is 1. The van der Waals surface area contributed by atoms with Crippen molar-refractivity contribution in [2.45, 2.75) is 36.6 Å². The Kier molecular flexibility index (Phi) is 6.50. The molecule has 2 aromatic rings. The van der Waals surface area contributed by atoms with Gasteiger partial charge in [-0.1, -0.05) is 30.3 Å². The number of aliphatic hydroxyl groups is 1. The molecule has 1 unspecified atom stereocenters. The van der Waals surface area contributed by atoms with Crippen molar-refractivity contribution >= 4 is 10.0 Å². The molecule has 27 heavy (non-hydrogen) atoms. The number of sulfonamides is 1. The smallest absolute Gasteiger partial charge is 0.406 e. The summed E-state index contributed by atoms with van der Waals surface area (Å²) in [6, 6.07) is 13.3. The van der Waals surface area contributed by atoms with E-state index in [1.807, 2.05) is 30.3 Å². The van der Waals surface area contributed by atoms with Gasteiger partial charge in [0.1, 0.15) is 5.75 Å². The second kappa shape index (κ2) is 8.28. The highest BCUT2D eigenvalue weighted by Gasteiger charge is 2.31. The van der Waals surface area contributed by atoms with Crippen LogP contribution < -0.4 is 9.46 Å². The van der Waals surface area contributed by atoms with Crippen LogP contribution in [0.1, 0.15) is 18.9 Å². The van der Waals surface area contributed by atoms with Crippen molar-refractivity contribution in [2.24, 2.45) is 0 Å². The third-order valence-corrected chi connectivity index (χ3v) is 5.22. The molecule has 9 heteroatoms. The Morgan fingerprint density at radius 2 is 1.63 bits per heavy atom. The van der Waals surface area contributed by atoms with Crippen LogP contribution in [0.3, 0.4) is 0 Å². The molecule has 0 saturated carbocycles. The maximum Gasteiger partial charge on any atom is 0.573 e. The van der Waals surface area contributed by atoms with Crippen LogP contribution in [0, 0.1) is 0 Å². The number of rotatable bonds is 8. The highest BCUT2D eigenvalue weighted by atomic mass is 32.2. The lowest BCUT2D eigenvalue weighted by molar-refractivity contribution is -0.274. The van der Waals surface area contributed by atoms with Crippen LogP contribution >= 0.6 is 0 Å². The van der Waals surface area contributed by atoms with Gasteiger partial charge in [0, 0.05) is 6.54 Å². The van der Waals surface area contributed by atoms with E-state index in [2.05, 4.69) is 9.46 Å². The van der Waals surface area contributed by atoms with E-state index in [1.165, 1.54) is 6.92 Å². The van der Waals surface area contributed by atoms with Crippen molar-refractivity contribution in [3.63, 3.8) is 0 Å². The molecule has 0 saturated heterocycles. The molecule has 0 amide bonds. The molecule has 1 atom stereocenters. The molecule has 0 aliphatic heterocycles. The first-order valence-corrected chi connectivity index (χ1v) is 9.57. The summed E-state index contributed by atoms with van der Waals surface area (Å²) in [5.41, 5.74) is -0.275. The Morgan fingerprint density at radius 3 is 2.19 bits per heavy atom. The minimum Gasteiger partial charge on any atom is -0.406 e. The average Bonchev–Trinajstić information content (AvgIpc) is 2.59. The topological polar surface area (TPSA) is 75.6 Å². The fourth-order valence-electron chi connectivity index (χ4n) is 2.30. The lowest BCUT2D eigenvalue weighted by Gasteiger charge is -2.23. The largest absolute Gasteiger partial charge is 0.573 e. The summed E-state index contributed by atoms with van der Waals surface area (Å²) in [4.78, 5) is -0.226. The van der Waals surface area contributed by atoms with E-state index in [9.17, 15) is 26.7 Å². The maximum atomic E-state index is 12.3. The van der Waals surface area contributed by atoms with Gasteiger partial charge >= 0.3 is 6.36 Å². The zero-order valence-corrected chi connectivity index (χ0v) is 15.3. The summed E-state index contributed by atoms with van der Waals surface area (Å²) in [7, 11) is -3.98. The van der Waals surface area contributed by atoms with Crippen LogP contribution in [-0.4, -0.2) is 32.0 Å². The van der Waals surface area contributed by atoms with Gasteiger partial charge in [-0.25, -0.2) is 13.1 Å². The van der Waals surface area contributed by atoms with Crippen molar-refractivity contribution < 1.29 is 31.4 Å². The average molecular weight is 403 g/mol. The van der Waals surface area contributed by atoms with Crippen LogP contribution in [0.4, 0.5) is 13.2 Å². The predicted molar refractivity (Wildman–Crippen MR) is 93.7 cm³/mol. The van der Waals surface area contributed by atoms with Gasteiger partial charge < -0.3 is 9.84 Å². The molecule has 148 valence electrons. The van der Waals surface area contributed by atoms with Gasteiger partial charge in [0.25, 0.3) is 0 Å². The second-order valence-electron chi connectivity index (χ2n) is 6.33. The molecule has 0 aliphatic rings. The lowest BCUT2D eigenvalue weighted by Crippen LogP contribution is -2.40. The molecule has 2 N–H and O–H groups in total. The SMILES string of the molecule is CC(O)(CCc1ccccc1)CNS(=O)(=O)c1ccc(OC(F)(F)F)cc1. The number of hydrogen-bond donors (Lipinski definition) is 2. The first-order valence-electron chi connectivity index (χ1n) is 8.09. The number of halogens is 3. The summed E-state index contributed by atoms with van der Waals surface area (Å²) in [5, 5.41) is 10.4. The second-order valence-corrected chi connectivity index (χ2v) is 8.09. The summed E-state index contributed by atoms with van der Waals surface area (Å²) < 4.78 is 66.9. The fourth-order valence-corrected chi connectivity index (χ4v) is 3.46. The Morgan fingerprint density at radius 1 is 1.04 bits per heavy atom. The lowest BCUT2D eigenvalue weighted by atomic mass is 9.97. The molecular weight excluding hydrogens is 383 g/mol. The molecule has 0 fully saturated rings. The summed E-state index contributed by atoms with van der Waals surface area (Å²) >= 11 is 0. The van der Waals surface area contributed by atoms with Crippen molar-refractivity contribution in [3.8, 4) is 5.75 Å². The standard InChI is InChI=1S/C18H20F3NO4S/c1-17(23,12-11-14-5-3-2-4-6-14)13-22-27(24,25)16-9-7-15(8-10-16)26-18(19,20)21/h2-10,22-23H,11-13H2,1H3. The van der Waals surface area contributed by atoms with Crippen LogP contribution in [0.15, 0.2) is 59.5 Å². The van der Waals surface area contributed by atoms with Crippen LogP contribution in [0.25, 0.3) is 0 Å². The predicted octanol–water partition coefficient (Wildman–Crippen LogP) is 3.25. The van der Waals surface area contributed by atoms with E-state index in [0.29, 0.717) is 12.8 Å². The molecule has 0 bridgehead atoms. The van der Waals surface area contributed by atoms with Crippen LogP contribution in [0.5, 0.6) is 5.75 Å². The Balaban J connectivity index is 1.94. The molecule has 0 aromatic heterocycles. The molecule has 0 radical (unpaired) electrons. The summed E-state index contributed by atoms with van der Waals surface area (Å²) in [6.45, 7) is 1.28. The Labute approximate surface area is 155 Å². The molecule has 2 aromatic carbocycles. The Hall–Kier alpha value is -2.10. The van der Waals surface area contributed by atoms with Gasteiger partial charge in [0.05, 0.1) is 10.5 Å². The number of alkyl halides is 3. The van der Waals surface area contributed by atoms with E-state index in [1.54, 1.807) is 0 Å².